The largest absolute Gasteiger partial charge is 0.497 e. The van der Waals surface area contributed by atoms with Crippen molar-refractivity contribution in [2.45, 2.75) is 12.7 Å². The van der Waals surface area contributed by atoms with Crippen molar-refractivity contribution in [3.63, 3.8) is 0 Å². The lowest BCUT2D eigenvalue weighted by Crippen LogP contribution is -2.21. The van der Waals surface area contributed by atoms with Crippen LogP contribution in [0.1, 0.15) is 16.7 Å². The first-order chi connectivity index (χ1) is 19.4. The molecule has 8 nitrogen and oxygen atoms in total. The van der Waals surface area contributed by atoms with Gasteiger partial charge in [0.1, 0.15) is 5.75 Å². The Labute approximate surface area is 233 Å². The molecule has 0 saturated carbocycles. The molecule has 0 amide bonds. The summed E-state index contributed by atoms with van der Waals surface area (Å²) in [5.74, 6) is -1.90. The van der Waals surface area contributed by atoms with Gasteiger partial charge in [-0.1, -0.05) is 36.4 Å². The molecular weight excluding hydrogens is 537 g/mol. The summed E-state index contributed by atoms with van der Waals surface area (Å²) in [5.41, 5.74) is 5.61. The molecule has 1 aliphatic heterocycles. The van der Waals surface area contributed by atoms with Crippen molar-refractivity contribution >= 4 is 40.4 Å². The first kappa shape index (κ1) is 29.1. The van der Waals surface area contributed by atoms with E-state index in [0.717, 1.165) is 50.6 Å². The van der Waals surface area contributed by atoms with E-state index in [9.17, 15) is 18.3 Å². The molecule has 4 aromatic rings. The number of hydrogen-bond acceptors (Lipinski definition) is 6. The van der Waals surface area contributed by atoms with E-state index in [4.69, 9.17) is 14.6 Å². The fourth-order valence-corrected chi connectivity index (χ4v) is 4.11. The SMILES string of the molecule is COc1ccc2[nH]c(O)c(C=c3ccc4c(c3)N=NC=4C=Cc3ccc(CN(C)C)cc3)c2c1.O=C(O)C(F)(F)F. The number of aromatic hydroxyl groups is 1. The molecule has 0 aliphatic carbocycles. The first-order valence-corrected chi connectivity index (χ1v) is 12.3. The summed E-state index contributed by atoms with van der Waals surface area (Å²) in [6.07, 6.45) is 0.907. The standard InChI is InChI=1S/C28H26N4O2.C2HF3O2/c1-32(2)17-19-6-4-18(5-7-19)9-12-26-22-11-8-20(15-27(22)31-30-26)14-24-23-16-21(34-3)10-13-25(23)29-28(24)33;3-2(4,5)1(6)7/h4-16,29,33H,17H2,1-3H3;(H,6,7). The number of azo groups is 1. The molecule has 212 valence electrons. The Morgan fingerprint density at radius 2 is 1.73 bits per heavy atom. The molecule has 0 saturated heterocycles. The molecule has 3 aromatic carbocycles. The van der Waals surface area contributed by atoms with Gasteiger partial charge in [0.25, 0.3) is 0 Å². The Balaban J connectivity index is 0.000000493. The molecule has 0 spiro atoms. The molecule has 5 rings (SSSR count). The lowest BCUT2D eigenvalue weighted by atomic mass is 10.1. The monoisotopic (exact) mass is 564 g/mol. The maximum atomic E-state index is 10.6. The molecule has 3 N–H and O–H groups in total. The summed E-state index contributed by atoms with van der Waals surface area (Å²) in [6.45, 7) is 0.923. The van der Waals surface area contributed by atoms with E-state index in [-0.39, 0.29) is 5.88 Å². The fraction of sp³-hybridized carbons (Fsp3) is 0.167. The third-order valence-electron chi connectivity index (χ3n) is 6.05. The minimum Gasteiger partial charge on any atom is -0.497 e. The van der Waals surface area contributed by atoms with E-state index in [0.29, 0.717) is 5.56 Å². The first-order valence-electron chi connectivity index (χ1n) is 12.3. The number of carbonyl (C=O) groups is 1. The third-order valence-corrected chi connectivity index (χ3v) is 6.05. The van der Waals surface area contributed by atoms with Gasteiger partial charge in [0.15, 0.2) is 5.88 Å². The summed E-state index contributed by atoms with van der Waals surface area (Å²) < 4.78 is 37.1. The lowest BCUT2D eigenvalue weighted by Gasteiger charge is -2.09. The van der Waals surface area contributed by atoms with Crippen LogP contribution in [0.15, 0.2) is 77.0 Å². The van der Waals surface area contributed by atoms with Gasteiger partial charge >= 0.3 is 12.1 Å². The van der Waals surface area contributed by atoms with E-state index >= 15 is 0 Å². The molecule has 0 radical (unpaired) electrons. The zero-order valence-electron chi connectivity index (χ0n) is 22.4. The smallest absolute Gasteiger partial charge is 0.490 e. The Kier molecular flexibility index (Phi) is 8.58. The fourth-order valence-electron chi connectivity index (χ4n) is 4.11. The van der Waals surface area contributed by atoms with Gasteiger partial charge in [0, 0.05) is 28.2 Å². The van der Waals surface area contributed by atoms with Crippen molar-refractivity contribution in [2.75, 3.05) is 21.2 Å². The normalized spacial score (nSPS) is 13.1. The highest BCUT2D eigenvalue weighted by Crippen LogP contribution is 2.30. The van der Waals surface area contributed by atoms with Crippen LogP contribution in [0.5, 0.6) is 11.6 Å². The Bertz CT molecular complexity index is 1760. The number of fused-ring (bicyclic) bond motifs is 2. The molecule has 1 aromatic heterocycles. The quantitative estimate of drug-likeness (QED) is 0.294. The third kappa shape index (κ3) is 7.20. The van der Waals surface area contributed by atoms with E-state index < -0.39 is 12.1 Å². The molecule has 0 fully saturated rings. The van der Waals surface area contributed by atoms with Crippen molar-refractivity contribution in [1.29, 1.82) is 0 Å². The van der Waals surface area contributed by atoms with Crippen molar-refractivity contribution < 1.29 is 32.9 Å². The number of nitrogens with zero attached hydrogens (tertiary/aromatic N) is 3. The molecule has 0 unspecified atom stereocenters. The van der Waals surface area contributed by atoms with Crippen LogP contribution < -0.4 is 15.2 Å². The zero-order chi connectivity index (χ0) is 29.7. The van der Waals surface area contributed by atoms with Crippen LogP contribution in [-0.2, 0) is 11.3 Å². The average Bonchev–Trinajstić information content (AvgIpc) is 3.47. The summed E-state index contributed by atoms with van der Waals surface area (Å²) in [6, 6.07) is 20.2. The maximum Gasteiger partial charge on any atom is 0.490 e. The number of aromatic nitrogens is 1. The zero-order valence-corrected chi connectivity index (χ0v) is 22.4. The predicted molar refractivity (Wildman–Crippen MR) is 150 cm³/mol. The van der Waals surface area contributed by atoms with Crippen LogP contribution in [0.3, 0.4) is 0 Å². The minimum absolute atomic E-state index is 0.122. The van der Waals surface area contributed by atoms with Gasteiger partial charge in [0.2, 0.25) is 0 Å². The number of halogens is 3. The topological polar surface area (TPSA) is 111 Å². The Morgan fingerprint density at radius 1 is 1.02 bits per heavy atom. The van der Waals surface area contributed by atoms with Crippen LogP contribution in [0.25, 0.3) is 28.8 Å². The van der Waals surface area contributed by atoms with E-state index in [1.807, 2.05) is 48.6 Å². The van der Waals surface area contributed by atoms with Gasteiger partial charge in [0.05, 0.1) is 18.5 Å². The number of carboxylic acid groups (broad SMARTS) is 1. The second kappa shape index (κ2) is 12.1. The maximum absolute atomic E-state index is 10.6. The second-order valence-electron chi connectivity index (χ2n) is 9.42. The van der Waals surface area contributed by atoms with Gasteiger partial charge in [-0.3, -0.25) is 0 Å². The number of nitrogens with one attached hydrogen (secondary N) is 1. The molecule has 0 atom stereocenters. The van der Waals surface area contributed by atoms with Crippen LogP contribution in [0, 0.1) is 0 Å². The summed E-state index contributed by atoms with van der Waals surface area (Å²) in [5, 5.41) is 29.1. The number of aliphatic carboxylic acids is 1. The highest BCUT2D eigenvalue weighted by Gasteiger charge is 2.38. The molecule has 0 bridgehead atoms. The average molecular weight is 565 g/mol. The van der Waals surface area contributed by atoms with Crippen molar-refractivity contribution in [1.82, 2.24) is 9.88 Å². The number of carboxylic acids is 1. The van der Waals surface area contributed by atoms with Crippen LogP contribution >= 0.6 is 0 Å². The Hall–Kier alpha value is -4.90. The molecule has 41 heavy (non-hydrogen) atoms. The molecule has 2 heterocycles. The number of aromatic amines is 1. The predicted octanol–water partition coefficient (Wildman–Crippen LogP) is 5.32. The number of ether oxygens (including phenoxy) is 1. The number of alkyl halides is 3. The number of benzene rings is 3. The molecule has 11 heteroatoms. The van der Waals surface area contributed by atoms with Crippen molar-refractivity contribution in [2.24, 2.45) is 10.2 Å². The van der Waals surface area contributed by atoms with Crippen LogP contribution in [-0.4, -0.2) is 53.4 Å². The highest BCUT2D eigenvalue weighted by atomic mass is 19.4. The van der Waals surface area contributed by atoms with E-state index in [1.54, 1.807) is 7.11 Å². The van der Waals surface area contributed by atoms with Gasteiger partial charge in [-0.15, -0.1) is 10.2 Å². The number of rotatable bonds is 6. The van der Waals surface area contributed by atoms with Crippen LogP contribution in [0.2, 0.25) is 0 Å². The van der Waals surface area contributed by atoms with Gasteiger partial charge < -0.3 is 24.8 Å². The van der Waals surface area contributed by atoms with Gasteiger partial charge in [-0.05, 0) is 72.9 Å². The van der Waals surface area contributed by atoms with Crippen molar-refractivity contribution in [3.8, 4) is 11.6 Å². The van der Waals surface area contributed by atoms with E-state index in [1.165, 1.54) is 5.56 Å². The number of methoxy groups -OCH3 is 1. The summed E-state index contributed by atoms with van der Waals surface area (Å²) in [4.78, 5) is 14.1. The number of hydrogen-bond donors (Lipinski definition) is 3. The van der Waals surface area contributed by atoms with Gasteiger partial charge in [-0.25, -0.2) is 4.79 Å². The van der Waals surface area contributed by atoms with E-state index in [2.05, 4.69) is 64.5 Å². The molecular formula is C30H27F3N4O4. The van der Waals surface area contributed by atoms with Crippen molar-refractivity contribution in [3.05, 3.63) is 93.9 Å². The molecule has 1 aliphatic rings. The summed E-state index contributed by atoms with van der Waals surface area (Å²) >= 11 is 0. The van der Waals surface area contributed by atoms with Crippen LogP contribution in [0.4, 0.5) is 18.9 Å². The minimum atomic E-state index is -5.08. The summed E-state index contributed by atoms with van der Waals surface area (Å²) in [7, 11) is 5.76. The lowest BCUT2D eigenvalue weighted by molar-refractivity contribution is -0.192. The van der Waals surface area contributed by atoms with Gasteiger partial charge in [-0.2, -0.15) is 13.2 Å². The second-order valence-corrected chi connectivity index (χ2v) is 9.42. The Morgan fingerprint density at radius 3 is 2.37 bits per heavy atom. The number of H-pyrrole nitrogens is 1. The highest BCUT2D eigenvalue weighted by molar-refractivity contribution is 5.92.